The second-order valence-electron chi connectivity index (χ2n) is 10.2. The van der Waals surface area contributed by atoms with Crippen LogP contribution in [0, 0.1) is 22.6 Å². The first-order valence-corrected chi connectivity index (χ1v) is 12.5. The molecule has 1 aliphatic rings. The lowest BCUT2D eigenvalue weighted by atomic mass is 9.48. The van der Waals surface area contributed by atoms with Crippen LogP contribution in [-0.4, -0.2) is 64.0 Å². The molecule has 0 spiro atoms. The minimum atomic E-state index is -5.27. The molecule has 216 valence electrons. The average Bonchev–Trinajstić information content (AvgIpc) is 3.35. The number of carboxylic acid groups (broad SMARTS) is 2. The highest BCUT2D eigenvalue weighted by atomic mass is 35.5. The summed E-state index contributed by atoms with van der Waals surface area (Å²) in [6.07, 6.45) is -1.81. The van der Waals surface area contributed by atoms with E-state index in [1.807, 2.05) is 0 Å². The zero-order chi connectivity index (χ0) is 29.3. The average molecular weight is 581 g/mol. The van der Waals surface area contributed by atoms with E-state index < -0.39 is 81.5 Å². The number of aromatic nitrogens is 2. The molecule has 0 amide bonds. The van der Waals surface area contributed by atoms with E-state index in [0.717, 1.165) is 12.6 Å². The van der Waals surface area contributed by atoms with Gasteiger partial charge in [0.05, 0.1) is 33.8 Å². The number of hydrogen-bond acceptors (Lipinski definition) is 5. The molecule has 0 bridgehead atoms. The van der Waals surface area contributed by atoms with Gasteiger partial charge in [0.2, 0.25) is 0 Å². The summed E-state index contributed by atoms with van der Waals surface area (Å²) < 4.78 is 73.1. The molecule has 5 N–H and O–H groups in total. The maximum absolute atomic E-state index is 15.6. The van der Waals surface area contributed by atoms with E-state index in [1.165, 1.54) is 20.2 Å². The number of rotatable bonds is 10. The zero-order valence-electron chi connectivity index (χ0n) is 21.4. The number of carbonyl (C=O) groups is 2. The Hall–Kier alpha value is -2.77. The minimum Gasteiger partial charge on any atom is -0.481 e. The summed E-state index contributed by atoms with van der Waals surface area (Å²) in [6.45, 7) is 2.43. The van der Waals surface area contributed by atoms with Crippen molar-refractivity contribution < 1.29 is 41.8 Å². The Morgan fingerprint density at radius 1 is 1.21 bits per heavy atom. The Labute approximate surface area is 226 Å². The zero-order valence-corrected chi connectivity index (χ0v) is 22.1. The van der Waals surface area contributed by atoms with Gasteiger partial charge in [0.1, 0.15) is 12.5 Å². The summed E-state index contributed by atoms with van der Waals surface area (Å²) in [4.78, 5) is 32.7. The molecule has 1 aromatic carbocycles. The molecule has 1 aliphatic heterocycles. The fraction of sp³-hybridized carbons (Fsp3) is 0.560. The van der Waals surface area contributed by atoms with Gasteiger partial charge >= 0.3 is 18.1 Å². The highest BCUT2D eigenvalue weighted by Crippen LogP contribution is 2.61. The molecule has 3 rings (SSSR count). The van der Waals surface area contributed by atoms with E-state index in [2.05, 4.69) is 20.6 Å². The molecule has 0 saturated carbocycles. The predicted molar refractivity (Wildman–Crippen MR) is 132 cm³/mol. The van der Waals surface area contributed by atoms with Gasteiger partial charge in [-0.3, -0.25) is 9.59 Å². The first-order valence-electron chi connectivity index (χ1n) is 12.2. The first kappa shape index (κ1) is 30.8. The Balaban J connectivity index is 2.30. The molecule has 1 saturated heterocycles. The predicted octanol–water partition coefficient (Wildman–Crippen LogP) is 4.26. The van der Waals surface area contributed by atoms with Crippen molar-refractivity contribution in [3.8, 4) is 0 Å². The molecule has 2 heterocycles. The van der Waals surface area contributed by atoms with Crippen LogP contribution in [0.1, 0.15) is 43.5 Å². The number of nitrogens with one attached hydrogen (secondary N) is 3. The Morgan fingerprint density at radius 3 is 2.36 bits per heavy atom. The Bertz CT molecular complexity index is 1200. The Kier molecular flexibility index (Phi) is 8.98. The number of nitrogens with zero attached hydrogens (tertiary/aromatic N) is 1. The summed E-state index contributed by atoms with van der Waals surface area (Å²) in [6, 6.07) is -1.67. The molecular weight excluding hydrogens is 551 g/mol. The van der Waals surface area contributed by atoms with E-state index >= 15 is 4.39 Å². The molecule has 5 atom stereocenters. The van der Waals surface area contributed by atoms with Crippen LogP contribution in [0.5, 0.6) is 0 Å². The summed E-state index contributed by atoms with van der Waals surface area (Å²) in [5.41, 5.74) is -7.03. The van der Waals surface area contributed by atoms with Gasteiger partial charge in [-0.15, -0.1) is 0 Å². The second kappa shape index (κ2) is 11.4. The van der Waals surface area contributed by atoms with E-state index in [-0.39, 0.29) is 13.1 Å². The second-order valence-corrected chi connectivity index (χ2v) is 10.6. The van der Waals surface area contributed by atoms with E-state index in [0.29, 0.717) is 18.6 Å². The van der Waals surface area contributed by atoms with Crippen LogP contribution in [0.4, 0.5) is 22.0 Å². The topological polar surface area (TPSA) is 127 Å². The molecule has 1 fully saturated rings. The third kappa shape index (κ3) is 5.23. The van der Waals surface area contributed by atoms with Crippen LogP contribution in [0.3, 0.4) is 0 Å². The maximum atomic E-state index is 15.6. The number of imidazole rings is 1. The number of piperidine rings is 1. The van der Waals surface area contributed by atoms with Crippen molar-refractivity contribution in [2.45, 2.75) is 51.4 Å². The molecule has 0 radical (unpaired) electrons. The monoisotopic (exact) mass is 580 g/mol. The summed E-state index contributed by atoms with van der Waals surface area (Å²) in [5, 5.41) is 25.9. The normalized spacial score (nSPS) is 27.6. The highest BCUT2D eigenvalue weighted by molar-refractivity contribution is 6.31. The van der Waals surface area contributed by atoms with Crippen LogP contribution < -0.4 is 10.6 Å². The van der Waals surface area contributed by atoms with Gasteiger partial charge in [0.15, 0.2) is 0 Å². The van der Waals surface area contributed by atoms with Gasteiger partial charge in [0.25, 0.3) is 0 Å². The van der Waals surface area contributed by atoms with Gasteiger partial charge in [-0.2, -0.15) is 13.2 Å². The lowest BCUT2D eigenvalue weighted by molar-refractivity contribution is -0.179. The third-order valence-electron chi connectivity index (χ3n) is 7.91. The van der Waals surface area contributed by atoms with Crippen LogP contribution in [0.15, 0.2) is 24.7 Å². The van der Waals surface area contributed by atoms with Gasteiger partial charge in [-0.05, 0) is 25.0 Å². The number of alkyl halides is 4. The number of aromatic amines is 1. The molecule has 2 aromatic rings. The van der Waals surface area contributed by atoms with Gasteiger partial charge in [-0.1, -0.05) is 25.4 Å². The molecule has 0 aliphatic carbocycles. The number of hydrogen-bond donors (Lipinski definition) is 5. The van der Waals surface area contributed by atoms with E-state index in [9.17, 15) is 37.4 Å². The van der Waals surface area contributed by atoms with Crippen molar-refractivity contribution in [3.05, 3.63) is 52.3 Å². The number of carboxylic acids is 2. The first-order chi connectivity index (χ1) is 18.1. The number of halogens is 6. The summed E-state index contributed by atoms with van der Waals surface area (Å²) >= 11 is 5.90. The fourth-order valence-electron chi connectivity index (χ4n) is 5.98. The van der Waals surface area contributed by atoms with Crippen molar-refractivity contribution >= 4 is 23.5 Å². The maximum Gasteiger partial charge on any atom is 0.418 e. The van der Waals surface area contributed by atoms with Crippen LogP contribution >= 0.6 is 11.6 Å². The van der Waals surface area contributed by atoms with E-state index in [4.69, 9.17) is 11.6 Å². The van der Waals surface area contributed by atoms with Gasteiger partial charge in [-0.25, -0.2) is 13.8 Å². The lowest BCUT2D eigenvalue weighted by Gasteiger charge is -2.59. The smallest absolute Gasteiger partial charge is 0.418 e. The standard InChI is InChI=1S/C25H30ClF5N4O4/c1-12(2)24(22(38)39)17(10-32-7-6-13-9-33-11-34-13)35-16(8-27)23(3,21(36)37)20(24)18-15(28)5-4-14(26)19(18)25(29,30)31/h4-5,9,11-12,16-17,20,32,35H,6-8,10H2,1-3H3,(H,33,34)(H,36,37)(H,38,39). The van der Waals surface area contributed by atoms with Crippen LogP contribution in [-0.2, 0) is 22.2 Å². The van der Waals surface area contributed by atoms with Crippen LogP contribution in [0.25, 0.3) is 0 Å². The summed E-state index contributed by atoms with van der Waals surface area (Å²) in [5.74, 6) is -8.16. The molecule has 5 unspecified atom stereocenters. The highest BCUT2D eigenvalue weighted by Gasteiger charge is 2.69. The van der Waals surface area contributed by atoms with Crippen molar-refractivity contribution in [1.29, 1.82) is 0 Å². The number of benzene rings is 1. The number of H-pyrrole nitrogens is 1. The molecule has 39 heavy (non-hydrogen) atoms. The molecule has 1 aromatic heterocycles. The minimum absolute atomic E-state index is 0.204. The largest absolute Gasteiger partial charge is 0.481 e. The summed E-state index contributed by atoms with van der Waals surface area (Å²) in [7, 11) is 0. The SMILES string of the molecule is CC(C)C1(C(=O)O)C(CNCCc2cnc[nH]2)NC(CF)C(C)(C(=O)O)C1c1c(F)ccc(Cl)c1C(F)(F)F. The quantitative estimate of drug-likeness (QED) is 0.210. The van der Waals surface area contributed by atoms with Crippen molar-refractivity contribution in [2.24, 2.45) is 16.7 Å². The van der Waals surface area contributed by atoms with Crippen molar-refractivity contribution in [1.82, 2.24) is 20.6 Å². The Morgan fingerprint density at radius 2 is 1.87 bits per heavy atom. The van der Waals surface area contributed by atoms with Crippen LogP contribution in [0.2, 0.25) is 5.02 Å². The van der Waals surface area contributed by atoms with E-state index in [1.54, 1.807) is 6.20 Å². The van der Waals surface area contributed by atoms with Gasteiger partial charge < -0.3 is 25.8 Å². The van der Waals surface area contributed by atoms with Crippen molar-refractivity contribution in [2.75, 3.05) is 19.8 Å². The molecular formula is C25H30ClF5N4O4. The number of aliphatic carboxylic acids is 2. The van der Waals surface area contributed by atoms with Crippen molar-refractivity contribution in [3.63, 3.8) is 0 Å². The molecule has 14 heteroatoms. The fourth-order valence-corrected chi connectivity index (χ4v) is 6.25. The third-order valence-corrected chi connectivity index (χ3v) is 8.22. The van der Waals surface area contributed by atoms with Gasteiger partial charge in [0, 0.05) is 48.9 Å². The lowest BCUT2D eigenvalue weighted by Crippen LogP contribution is -2.74. The molecule has 8 nitrogen and oxygen atoms in total.